The Bertz CT molecular complexity index is 716. The minimum Gasteiger partial charge on any atom is -0.508 e. The number of H-pyrrole nitrogens is 1. The van der Waals surface area contributed by atoms with Crippen molar-refractivity contribution >= 4 is 27.6 Å². The van der Waals surface area contributed by atoms with Crippen molar-refractivity contribution in [3.63, 3.8) is 0 Å². The molecule has 0 saturated heterocycles. The van der Waals surface area contributed by atoms with E-state index in [1.807, 2.05) is 14.0 Å². The fraction of sp³-hybridized carbons (Fsp3) is 0.167. The van der Waals surface area contributed by atoms with Crippen LogP contribution >= 0.6 is 11.5 Å². The second-order valence-corrected chi connectivity index (χ2v) is 4.78. The Hall–Kier alpha value is -2.08. The molecule has 0 unspecified atom stereocenters. The van der Waals surface area contributed by atoms with E-state index in [0.29, 0.717) is 0 Å². The van der Waals surface area contributed by atoms with E-state index in [4.69, 9.17) is 0 Å². The van der Waals surface area contributed by atoms with Crippen molar-refractivity contribution in [1.82, 2.24) is 14.3 Å². The van der Waals surface area contributed by atoms with Crippen LogP contribution in [0.5, 0.6) is 5.75 Å². The van der Waals surface area contributed by atoms with E-state index < -0.39 is 0 Å². The Morgan fingerprint density at radius 3 is 3.00 bits per heavy atom. The molecule has 18 heavy (non-hydrogen) atoms. The number of aromatic amines is 1. The molecule has 2 heterocycles. The molecule has 0 saturated carbocycles. The third-order valence-corrected chi connectivity index (χ3v) is 3.75. The van der Waals surface area contributed by atoms with E-state index in [1.165, 1.54) is 11.5 Å². The summed E-state index contributed by atoms with van der Waals surface area (Å²) in [5, 5.41) is 13.6. The summed E-state index contributed by atoms with van der Waals surface area (Å²) in [6.45, 7) is 1.96. The van der Waals surface area contributed by atoms with Crippen LogP contribution in [0.3, 0.4) is 0 Å². The third kappa shape index (κ3) is 1.62. The zero-order valence-electron chi connectivity index (χ0n) is 9.98. The Morgan fingerprint density at radius 2 is 2.22 bits per heavy atom. The summed E-state index contributed by atoms with van der Waals surface area (Å²) in [5.41, 5.74) is 3.57. The van der Waals surface area contributed by atoms with Crippen molar-refractivity contribution in [3.05, 3.63) is 23.9 Å². The topological polar surface area (TPSA) is 73.8 Å². The average molecular weight is 260 g/mol. The number of aromatic nitrogens is 3. The molecule has 2 aromatic heterocycles. The summed E-state index contributed by atoms with van der Waals surface area (Å²) in [6, 6.07) is 5.09. The average Bonchev–Trinajstić information content (AvgIpc) is 2.91. The first-order chi connectivity index (χ1) is 8.69. The summed E-state index contributed by atoms with van der Waals surface area (Å²) < 4.78 is 4.32. The Balaban J connectivity index is 2.22. The van der Waals surface area contributed by atoms with E-state index in [-0.39, 0.29) is 5.75 Å². The first-order valence-corrected chi connectivity index (χ1v) is 6.29. The molecule has 3 N–H and O–H groups in total. The van der Waals surface area contributed by atoms with Crippen LogP contribution in [0.1, 0.15) is 5.69 Å². The number of aromatic hydroxyl groups is 1. The largest absolute Gasteiger partial charge is 0.508 e. The first-order valence-electron chi connectivity index (χ1n) is 5.52. The second-order valence-electron chi connectivity index (χ2n) is 4.01. The van der Waals surface area contributed by atoms with Gasteiger partial charge in [0.1, 0.15) is 16.6 Å². The van der Waals surface area contributed by atoms with Gasteiger partial charge in [-0.15, -0.1) is 0 Å². The van der Waals surface area contributed by atoms with Crippen LogP contribution in [-0.4, -0.2) is 26.5 Å². The van der Waals surface area contributed by atoms with E-state index in [0.717, 1.165) is 33.1 Å². The van der Waals surface area contributed by atoms with Gasteiger partial charge in [-0.05, 0) is 30.6 Å². The van der Waals surface area contributed by atoms with Gasteiger partial charge in [0.15, 0.2) is 0 Å². The summed E-state index contributed by atoms with van der Waals surface area (Å²) >= 11 is 1.41. The number of benzene rings is 1. The molecular weight excluding hydrogens is 248 g/mol. The van der Waals surface area contributed by atoms with Crippen LogP contribution in [0.15, 0.2) is 18.2 Å². The van der Waals surface area contributed by atoms with Gasteiger partial charge >= 0.3 is 0 Å². The first kappa shape index (κ1) is 11.0. The second kappa shape index (κ2) is 3.99. The minimum atomic E-state index is 0.228. The van der Waals surface area contributed by atoms with Gasteiger partial charge in [-0.1, -0.05) is 0 Å². The molecule has 0 aliphatic heterocycles. The van der Waals surface area contributed by atoms with Gasteiger partial charge in [-0.25, -0.2) is 4.98 Å². The van der Waals surface area contributed by atoms with E-state index in [1.54, 1.807) is 18.2 Å². The maximum Gasteiger partial charge on any atom is 0.143 e. The van der Waals surface area contributed by atoms with Crippen molar-refractivity contribution in [2.24, 2.45) is 0 Å². The number of hydrogen-bond acceptors (Lipinski definition) is 5. The molecule has 3 aromatic rings. The number of rotatable bonds is 2. The number of fused-ring (bicyclic) bond motifs is 1. The predicted octanol–water partition coefficient (Wildman–Crippen LogP) is 2.74. The molecule has 0 radical (unpaired) electrons. The van der Waals surface area contributed by atoms with Gasteiger partial charge in [0.2, 0.25) is 0 Å². The van der Waals surface area contributed by atoms with E-state index in [9.17, 15) is 5.11 Å². The Kier molecular flexibility index (Phi) is 2.45. The fourth-order valence-electron chi connectivity index (χ4n) is 1.94. The lowest BCUT2D eigenvalue weighted by molar-refractivity contribution is 0.476. The molecule has 6 heteroatoms. The number of nitrogens with one attached hydrogen (secondary N) is 2. The lowest BCUT2D eigenvalue weighted by atomic mass is 10.2. The maximum atomic E-state index is 9.46. The number of phenolic OH excluding ortho intramolecular Hbond substituents is 1. The van der Waals surface area contributed by atoms with Crippen LogP contribution in [0.25, 0.3) is 22.4 Å². The highest BCUT2D eigenvalue weighted by molar-refractivity contribution is 7.10. The van der Waals surface area contributed by atoms with Gasteiger partial charge in [-0.3, -0.25) is 0 Å². The molecular formula is C12H12N4OS. The molecule has 5 nitrogen and oxygen atoms in total. The van der Waals surface area contributed by atoms with Crippen LogP contribution < -0.4 is 5.32 Å². The summed E-state index contributed by atoms with van der Waals surface area (Å²) in [4.78, 5) is 7.74. The van der Waals surface area contributed by atoms with Crippen molar-refractivity contribution < 1.29 is 5.11 Å². The van der Waals surface area contributed by atoms with Crippen LogP contribution in [0.4, 0.5) is 5.00 Å². The molecule has 0 aliphatic carbocycles. The maximum absolute atomic E-state index is 9.46. The Morgan fingerprint density at radius 1 is 1.39 bits per heavy atom. The molecule has 0 fully saturated rings. The number of imidazole rings is 1. The van der Waals surface area contributed by atoms with Crippen molar-refractivity contribution in [3.8, 4) is 17.1 Å². The van der Waals surface area contributed by atoms with Crippen LogP contribution in [-0.2, 0) is 0 Å². The quantitative estimate of drug-likeness (QED) is 0.662. The van der Waals surface area contributed by atoms with Crippen molar-refractivity contribution in [2.75, 3.05) is 12.4 Å². The normalized spacial score (nSPS) is 11.0. The van der Waals surface area contributed by atoms with E-state index in [2.05, 4.69) is 19.7 Å². The highest BCUT2D eigenvalue weighted by Crippen LogP contribution is 2.33. The molecule has 0 bridgehead atoms. The lowest BCUT2D eigenvalue weighted by Crippen LogP contribution is -1.89. The zero-order chi connectivity index (χ0) is 12.7. The molecule has 0 aliphatic rings. The number of anilines is 1. The minimum absolute atomic E-state index is 0.228. The van der Waals surface area contributed by atoms with Crippen molar-refractivity contribution in [2.45, 2.75) is 6.92 Å². The van der Waals surface area contributed by atoms with Gasteiger partial charge in [0.25, 0.3) is 0 Å². The van der Waals surface area contributed by atoms with Crippen molar-refractivity contribution in [1.29, 1.82) is 0 Å². The summed E-state index contributed by atoms with van der Waals surface area (Å²) in [6.07, 6.45) is 0. The molecule has 3 rings (SSSR count). The van der Waals surface area contributed by atoms with E-state index >= 15 is 0 Å². The third-order valence-electron chi connectivity index (χ3n) is 2.79. The highest BCUT2D eigenvalue weighted by atomic mass is 32.1. The summed E-state index contributed by atoms with van der Waals surface area (Å²) in [5.74, 6) is 0.998. The van der Waals surface area contributed by atoms with Crippen LogP contribution in [0, 0.1) is 6.92 Å². The zero-order valence-corrected chi connectivity index (χ0v) is 10.8. The molecule has 1 aromatic carbocycles. The number of nitrogens with zero attached hydrogens (tertiary/aromatic N) is 2. The standard InChI is InChI=1S/C12H12N4OS/c1-6-10(12(13-2)18-16-6)11-14-8-4-3-7(17)5-9(8)15-11/h3-5,13,17H,1-2H3,(H,14,15). The van der Waals surface area contributed by atoms with Gasteiger partial charge in [-0.2, -0.15) is 4.37 Å². The van der Waals surface area contributed by atoms with Gasteiger partial charge < -0.3 is 15.4 Å². The smallest absolute Gasteiger partial charge is 0.143 e. The monoisotopic (exact) mass is 260 g/mol. The highest BCUT2D eigenvalue weighted by Gasteiger charge is 2.15. The molecule has 0 amide bonds. The fourth-order valence-corrected chi connectivity index (χ4v) is 2.68. The van der Waals surface area contributed by atoms with Gasteiger partial charge in [0, 0.05) is 13.1 Å². The summed E-state index contributed by atoms with van der Waals surface area (Å²) in [7, 11) is 1.87. The lowest BCUT2D eigenvalue weighted by Gasteiger charge is -1.98. The number of phenols is 1. The SMILES string of the molecule is CNc1snc(C)c1-c1nc2ccc(O)cc2[nH]1. The molecule has 0 spiro atoms. The molecule has 0 atom stereocenters. The predicted molar refractivity (Wildman–Crippen MR) is 73.2 cm³/mol. The van der Waals surface area contributed by atoms with Gasteiger partial charge in [0.05, 0.1) is 22.3 Å². The number of aryl methyl sites for hydroxylation is 1. The number of hydrogen-bond donors (Lipinski definition) is 3. The van der Waals surface area contributed by atoms with Crippen LogP contribution in [0.2, 0.25) is 0 Å². The Labute approximate surface area is 108 Å². The molecule has 92 valence electrons.